The summed E-state index contributed by atoms with van der Waals surface area (Å²) in [5, 5.41) is 16.6. The average Bonchev–Trinajstić information content (AvgIpc) is 2.71. The van der Waals surface area contributed by atoms with Crippen molar-refractivity contribution in [1.82, 2.24) is 14.6 Å². The number of aliphatic hydroxyl groups excluding tert-OH is 1. The highest BCUT2D eigenvalue weighted by Crippen LogP contribution is 2.20. The predicted octanol–water partition coefficient (Wildman–Crippen LogP) is 1.86. The van der Waals surface area contributed by atoms with Gasteiger partial charge in [0, 0.05) is 19.3 Å². The lowest BCUT2D eigenvalue weighted by Gasteiger charge is -2.23. The molecule has 0 saturated carbocycles. The molecule has 2 N–H and O–H groups in total. The number of aromatic nitrogens is 3. The summed E-state index contributed by atoms with van der Waals surface area (Å²) in [6, 6.07) is 3.97. The van der Waals surface area contributed by atoms with E-state index in [2.05, 4.69) is 29.2 Å². The lowest BCUT2D eigenvalue weighted by atomic mass is 9.90. The van der Waals surface area contributed by atoms with Crippen LogP contribution in [0.4, 0.5) is 5.95 Å². The third-order valence-electron chi connectivity index (χ3n) is 3.07. The molecule has 2 aromatic heterocycles. The smallest absolute Gasteiger partial charge is 0.243 e. The van der Waals surface area contributed by atoms with Gasteiger partial charge >= 0.3 is 0 Å². The molecule has 2 rings (SSSR count). The molecular formula is C13H20N4O. The molecule has 2 heterocycles. The Kier molecular flexibility index (Phi) is 3.52. The second-order valence-electron chi connectivity index (χ2n) is 5.39. The minimum absolute atomic E-state index is 0.0290. The zero-order chi connectivity index (χ0) is 13.2. The molecule has 0 aromatic carbocycles. The number of anilines is 1. The van der Waals surface area contributed by atoms with E-state index in [1.54, 1.807) is 4.52 Å². The molecule has 0 unspecified atom stereocenters. The first kappa shape index (κ1) is 12.8. The van der Waals surface area contributed by atoms with Crippen LogP contribution >= 0.6 is 0 Å². The second kappa shape index (κ2) is 4.94. The molecule has 0 amide bonds. The van der Waals surface area contributed by atoms with Crippen LogP contribution in [0.5, 0.6) is 0 Å². The van der Waals surface area contributed by atoms with E-state index in [1.807, 2.05) is 25.3 Å². The van der Waals surface area contributed by atoms with Crippen LogP contribution in [0.2, 0.25) is 0 Å². The van der Waals surface area contributed by atoms with Crippen molar-refractivity contribution in [1.29, 1.82) is 0 Å². The van der Waals surface area contributed by atoms with Crippen LogP contribution in [-0.2, 0) is 0 Å². The van der Waals surface area contributed by atoms with Crippen LogP contribution in [0, 0.1) is 12.3 Å². The number of fused-ring (bicyclic) bond motifs is 1. The van der Waals surface area contributed by atoms with E-state index in [9.17, 15) is 0 Å². The number of pyridine rings is 1. The highest BCUT2D eigenvalue weighted by molar-refractivity contribution is 5.49. The summed E-state index contributed by atoms with van der Waals surface area (Å²) in [5.41, 5.74) is 2.01. The van der Waals surface area contributed by atoms with Crippen molar-refractivity contribution >= 4 is 11.6 Å². The van der Waals surface area contributed by atoms with E-state index < -0.39 is 0 Å². The van der Waals surface area contributed by atoms with Gasteiger partial charge in [-0.1, -0.05) is 19.9 Å². The quantitative estimate of drug-likeness (QED) is 0.847. The Morgan fingerprint density at radius 1 is 1.44 bits per heavy atom. The lowest BCUT2D eigenvalue weighted by Crippen LogP contribution is -2.24. The van der Waals surface area contributed by atoms with Gasteiger partial charge in [-0.2, -0.15) is 4.98 Å². The Bertz CT molecular complexity index is 533. The van der Waals surface area contributed by atoms with Crippen LogP contribution in [0.15, 0.2) is 18.3 Å². The summed E-state index contributed by atoms with van der Waals surface area (Å²) >= 11 is 0. The lowest BCUT2D eigenvalue weighted by molar-refractivity contribution is 0.220. The number of aryl methyl sites for hydroxylation is 1. The Morgan fingerprint density at radius 3 is 2.89 bits per heavy atom. The van der Waals surface area contributed by atoms with Gasteiger partial charge in [-0.3, -0.25) is 0 Å². The summed E-state index contributed by atoms with van der Waals surface area (Å²) in [5.74, 6) is 0.635. The normalized spacial score (nSPS) is 12.0. The average molecular weight is 248 g/mol. The van der Waals surface area contributed by atoms with Gasteiger partial charge in [-0.05, 0) is 30.4 Å². The molecule has 5 heteroatoms. The fourth-order valence-corrected chi connectivity index (χ4v) is 1.82. The van der Waals surface area contributed by atoms with E-state index in [-0.39, 0.29) is 12.0 Å². The standard InChI is InChI=1S/C13H20N4O/c1-10-5-4-7-17-11(10)15-12(16-17)14-9-13(2,3)6-8-18/h4-5,7,18H,6,8-9H2,1-3H3,(H,14,16). The van der Waals surface area contributed by atoms with Crippen LogP contribution in [0.3, 0.4) is 0 Å². The minimum Gasteiger partial charge on any atom is -0.396 e. The highest BCUT2D eigenvalue weighted by atomic mass is 16.3. The fraction of sp³-hybridized carbons (Fsp3) is 0.538. The summed E-state index contributed by atoms with van der Waals surface area (Å²) in [6.07, 6.45) is 2.64. The molecule has 0 bridgehead atoms. The number of nitrogens with zero attached hydrogens (tertiary/aromatic N) is 3. The molecule has 0 radical (unpaired) electrons. The number of nitrogens with one attached hydrogen (secondary N) is 1. The van der Waals surface area contributed by atoms with Crippen molar-refractivity contribution in [3.05, 3.63) is 23.9 Å². The first-order valence-corrected chi connectivity index (χ1v) is 6.18. The van der Waals surface area contributed by atoms with Gasteiger partial charge in [0.2, 0.25) is 5.95 Å². The van der Waals surface area contributed by atoms with Crippen molar-refractivity contribution in [3.8, 4) is 0 Å². The summed E-state index contributed by atoms with van der Waals surface area (Å²) < 4.78 is 1.77. The number of aliphatic hydroxyl groups is 1. The van der Waals surface area contributed by atoms with Crippen molar-refractivity contribution < 1.29 is 5.11 Å². The Morgan fingerprint density at radius 2 is 2.22 bits per heavy atom. The van der Waals surface area contributed by atoms with Gasteiger partial charge < -0.3 is 10.4 Å². The molecule has 0 aliphatic rings. The summed E-state index contributed by atoms with van der Waals surface area (Å²) in [4.78, 5) is 4.45. The first-order valence-electron chi connectivity index (χ1n) is 6.18. The van der Waals surface area contributed by atoms with Crippen molar-refractivity contribution in [2.75, 3.05) is 18.5 Å². The number of hydrogen-bond acceptors (Lipinski definition) is 4. The van der Waals surface area contributed by atoms with E-state index in [0.29, 0.717) is 5.95 Å². The topological polar surface area (TPSA) is 62.5 Å². The SMILES string of the molecule is Cc1cccn2nc(NCC(C)(C)CCO)nc12. The maximum absolute atomic E-state index is 8.99. The van der Waals surface area contributed by atoms with Crippen LogP contribution in [0.25, 0.3) is 5.65 Å². The molecule has 18 heavy (non-hydrogen) atoms. The Balaban J connectivity index is 2.11. The first-order chi connectivity index (χ1) is 8.52. The molecule has 0 atom stereocenters. The molecule has 0 fully saturated rings. The Labute approximate surface area is 107 Å². The zero-order valence-electron chi connectivity index (χ0n) is 11.1. The number of hydrogen-bond donors (Lipinski definition) is 2. The van der Waals surface area contributed by atoms with Crippen LogP contribution in [-0.4, -0.2) is 32.9 Å². The van der Waals surface area contributed by atoms with Gasteiger partial charge in [0.15, 0.2) is 5.65 Å². The Hall–Kier alpha value is -1.62. The van der Waals surface area contributed by atoms with Crippen molar-refractivity contribution in [2.24, 2.45) is 5.41 Å². The largest absolute Gasteiger partial charge is 0.396 e. The molecule has 0 spiro atoms. The monoisotopic (exact) mass is 248 g/mol. The van der Waals surface area contributed by atoms with E-state index in [4.69, 9.17) is 5.11 Å². The van der Waals surface area contributed by atoms with E-state index >= 15 is 0 Å². The minimum atomic E-state index is 0.0290. The van der Waals surface area contributed by atoms with Crippen molar-refractivity contribution in [2.45, 2.75) is 27.2 Å². The van der Waals surface area contributed by atoms with Crippen LogP contribution in [0.1, 0.15) is 25.8 Å². The highest BCUT2D eigenvalue weighted by Gasteiger charge is 2.17. The molecule has 98 valence electrons. The van der Waals surface area contributed by atoms with E-state index in [0.717, 1.165) is 24.2 Å². The van der Waals surface area contributed by atoms with Gasteiger partial charge in [0.1, 0.15) is 0 Å². The second-order valence-corrected chi connectivity index (χ2v) is 5.39. The maximum atomic E-state index is 8.99. The number of rotatable bonds is 5. The predicted molar refractivity (Wildman–Crippen MR) is 71.7 cm³/mol. The fourth-order valence-electron chi connectivity index (χ4n) is 1.82. The summed E-state index contributed by atoms with van der Waals surface area (Å²) in [7, 11) is 0. The van der Waals surface area contributed by atoms with Gasteiger partial charge in [0.25, 0.3) is 0 Å². The van der Waals surface area contributed by atoms with E-state index in [1.165, 1.54) is 0 Å². The third kappa shape index (κ3) is 2.79. The third-order valence-corrected chi connectivity index (χ3v) is 3.07. The maximum Gasteiger partial charge on any atom is 0.243 e. The van der Waals surface area contributed by atoms with Gasteiger partial charge in [-0.25, -0.2) is 4.52 Å². The molecule has 0 aliphatic heterocycles. The summed E-state index contributed by atoms with van der Waals surface area (Å²) in [6.45, 7) is 7.17. The molecule has 0 saturated heterocycles. The molecule has 5 nitrogen and oxygen atoms in total. The molecule has 0 aliphatic carbocycles. The van der Waals surface area contributed by atoms with Crippen molar-refractivity contribution in [3.63, 3.8) is 0 Å². The van der Waals surface area contributed by atoms with Gasteiger partial charge in [-0.15, -0.1) is 5.10 Å². The molecular weight excluding hydrogens is 228 g/mol. The van der Waals surface area contributed by atoms with Crippen LogP contribution < -0.4 is 5.32 Å². The van der Waals surface area contributed by atoms with Gasteiger partial charge in [0.05, 0.1) is 0 Å². The zero-order valence-corrected chi connectivity index (χ0v) is 11.1. The molecule has 2 aromatic rings.